The number of anilines is 2. The van der Waals surface area contributed by atoms with Gasteiger partial charge >= 0.3 is 5.97 Å². The molecule has 1 aliphatic heterocycles. The highest BCUT2D eigenvalue weighted by molar-refractivity contribution is 8.15. The zero-order chi connectivity index (χ0) is 21.7. The van der Waals surface area contributed by atoms with Gasteiger partial charge in [0.2, 0.25) is 5.91 Å². The van der Waals surface area contributed by atoms with E-state index in [9.17, 15) is 9.59 Å². The Morgan fingerprint density at radius 3 is 2.70 bits per heavy atom. The maximum atomic E-state index is 12.8. The van der Waals surface area contributed by atoms with Gasteiger partial charge in [-0.05, 0) is 56.2 Å². The Bertz CT molecular complexity index is 1030. The number of nitrogens with zero attached hydrogens (tertiary/aromatic N) is 1. The smallest absolute Gasteiger partial charge is 0.311 e. The number of carbonyl (C=O) groups is 2. The molecule has 0 aromatic heterocycles. The van der Waals surface area contributed by atoms with E-state index in [0.717, 1.165) is 28.2 Å². The zero-order valence-electron chi connectivity index (χ0n) is 17.5. The number of ether oxygens (including phenoxy) is 1. The summed E-state index contributed by atoms with van der Waals surface area (Å²) in [5.74, 6) is -0.456. The summed E-state index contributed by atoms with van der Waals surface area (Å²) in [7, 11) is 1.36. The first-order valence-corrected chi connectivity index (χ1v) is 10.5. The minimum Gasteiger partial charge on any atom is -0.469 e. The standard InChI is InChI=1S/C23H25N3O3S/c1-14-8-7-11-18(15(14)2)26-23(28)16(3)30-21-12-17(13-22(27)29-4)24-19-9-5-6-10-20(19)25-21/h5-12,16,24H,13H2,1-4H3,(H,26,28). The van der Waals surface area contributed by atoms with E-state index in [1.165, 1.54) is 18.9 Å². The molecule has 0 spiro atoms. The number of methoxy groups -OCH3 is 1. The number of amides is 1. The number of fused-ring (bicyclic) bond motifs is 1. The van der Waals surface area contributed by atoms with Gasteiger partial charge in [0.15, 0.2) is 0 Å². The average Bonchev–Trinajstić information content (AvgIpc) is 2.89. The lowest BCUT2D eigenvalue weighted by Crippen LogP contribution is -2.24. The molecule has 1 aliphatic rings. The monoisotopic (exact) mass is 423 g/mol. The van der Waals surface area contributed by atoms with E-state index in [2.05, 4.69) is 10.6 Å². The van der Waals surface area contributed by atoms with Crippen LogP contribution >= 0.6 is 11.8 Å². The third-order valence-corrected chi connectivity index (χ3v) is 5.84. The van der Waals surface area contributed by atoms with Crippen LogP contribution in [0.2, 0.25) is 0 Å². The molecule has 2 aromatic rings. The summed E-state index contributed by atoms with van der Waals surface area (Å²) in [6, 6.07) is 13.4. The highest BCUT2D eigenvalue weighted by atomic mass is 32.2. The number of carbonyl (C=O) groups excluding carboxylic acids is 2. The number of nitrogens with one attached hydrogen (secondary N) is 2. The molecule has 0 fully saturated rings. The molecular weight excluding hydrogens is 398 g/mol. The fourth-order valence-corrected chi connectivity index (χ4v) is 3.81. The molecule has 2 N–H and O–H groups in total. The van der Waals surface area contributed by atoms with Gasteiger partial charge in [0.05, 0.1) is 35.2 Å². The Hall–Kier alpha value is -3.06. The van der Waals surface area contributed by atoms with E-state index >= 15 is 0 Å². The predicted molar refractivity (Wildman–Crippen MR) is 123 cm³/mol. The summed E-state index contributed by atoms with van der Waals surface area (Å²) in [5, 5.41) is 6.51. The minimum absolute atomic E-state index is 0.0908. The van der Waals surface area contributed by atoms with Gasteiger partial charge in [-0.2, -0.15) is 0 Å². The van der Waals surface area contributed by atoms with E-state index < -0.39 is 0 Å². The number of benzene rings is 2. The van der Waals surface area contributed by atoms with Crippen LogP contribution in [0.1, 0.15) is 24.5 Å². The number of esters is 1. The van der Waals surface area contributed by atoms with Gasteiger partial charge in [0.25, 0.3) is 0 Å². The van der Waals surface area contributed by atoms with E-state index in [4.69, 9.17) is 9.73 Å². The van der Waals surface area contributed by atoms with Crippen LogP contribution in [0.4, 0.5) is 17.1 Å². The molecule has 1 amide bonds. The molecular formula is C23H25N3O3S. The van der Waals surface area contributed by atoms with Gasteiger partial charge in [0, 0.05) is 11.4 Å². The Kier molecular flexibility index (Phi) is 6.95. The molecule has 1 unspecified atom stereocenters. The Labute approximate surface area is 180 Å². The van der Waals surface area contributed by atoms with Crippen molar-refractivity contribution in [2.75, 3.05) is 17.7 Å². The number of hydrogen-bond acceptors (Lipinski definition) is 6. The molecule has 1 heterocycles. The number of aryl methyl sites for hydroxylation is 1. The van der Waals surface area contributed by atoms with Crippen LogP contribution in [0, 0.1) is 13.8 Å². The minimum atomic E-state index is -0.385. The third kappa shape index (κ3) is 5.30. The summed E-state index contributed by atoms with van der Waals surface area (Å²) in [6.45, 7) is 5.84. The maximum absolute atomic E-state index is 12.8. The molecule has 3 rings (SSSR count). The molecule has 1 atom stereocenters. The molecule has 0 radical (unpaired) electrons. The quantitative estimate of drug-likeness (QED) is 0.664. The van der Waals surface area contributed by atoms with Gasteiger partial charge in [-0.25, -0.2) is 4.99 Å². The largest absolute Gasteiger partial charge is 0.469 e. The summed E-state index contributed by atoms with van der Waals surface area (Å²) < 4.78 is 4.79. The molecule has 7 heteroatoms. The molecule has 0 saturated heterocycles. The summed E-state index contributed by atoms with van der Waals surface area (Å²) in [6.07, 6.45) is 1.89. The Balaban J connectivity index is 1.80. The van der Waals surface area contributed by atoms with Crippen molar-refractivity contribution in [2.24, 2.45) is 4.99 Å². The second-order valence-electron chi connectivity index (χ2n) is 7.01. The highest BCUT2D eigenvalue weighted by Crippen LogP contribution is 2.32. The highest BCUT2D eigenvalue weighted by Gasteiger charge is 2.20. The molecule has 156 valence electrons. The maximum Gasteiger partial charge on any atom is 0.311 e. The fraction of sp³-hybridized carbons (Fsp3) is 0.261. The Morgan fingerprint density at radius 1 is 1.17 bits per heavy atom. The van der Waals surface area contributed by atoms with E-state index in [0.29, 0.717) is 10.7 Å². The van der Waals surface area contributed by atoms with E-state index in [1.807, 2.05) is 63.2 Å². The molecule has 6 nitrogen and oxygen atoms in total. The van der Waals surface area contributed by atoms with Gasteiger partial charge < -0.3 is 15.4 Å². The predicted octanol–water partition coefficient (Wildman–Crippen LogP) is 4.97. The van der Waals surface area contributed by atoms with Crippen LogP contribution in [0.25, 0.3) is 0 Å². The van der Waals surface area contributed by atoms with Gasteiger partial charge in [-0.15, -0.1) is 0 Å². The van der Waals surface area contributed by atoms with Crippen molar-refractivity contribution < 1.29 is 14.3 Å². The molecule has 30 heavy (non-hydrogen) atoms. The van der Waals surface area contributed by atoms with Gasteiger partial charge in [0.1, 0.15) is 0 Å². The molecule has 0 saturated carbocycles. The van der Waals surface area contributed by atoms with Gasteiger partial charge in [-0.3, -0.25) is 9.59 Å². The van der Waals surface area contributed by atoms with Crippen molar-refractivity contribution in [2.45, 2.75) is 32.4 Å². The summed E-state index contributed by atoms with van der Waals surface area (Å²) in [4.78, 5) is 29.3. The van der Waals surface area contributed by atoms with Crippen molar-refractivity contribution in [3.05, 3.63) is 65.4 Å². The lowest BCUT2D eigenvalue weighted by molar-refractivity contribution is -0.139. The van der Waals surface area contributed by atoms with Crippen molar-refractivity contribution in [1.29, 1.82) is 0 Å². The van der Waals surface area contributed by atoms with Crippen LogP contribution < -0.4 is 10.6 Å². The number of para-hydroxylation sites is 2. The summed E-state index contributed by atoms with van der Waals surface area (Å²) >= 11 is 1.34. The van der Waals surface area contributed by atoms with Crippen LogP contribution in [-0.2, 0) is 14.3 Å². The first kappa shape index (κ1) is 21.6. The molecule has 2 aromatic carbocycles. The molecule has 0 bridgehead atoms. The Morgan fingerprint density at radius 2 is 1.93 bits per heavy atom. The zero-order valence-corrected chi connectivity index (χ0v) is 18.3. The van der Waals surface area contributed by atoms with Crippen molar-refractivity contribution >= 4 is 45.7 Å². The average molecular weight is 424 g/mol. The van der Waals surface area contributed by atoms with E-state index in [1.54, 1.807) is 6.08 Å². The summed E-state index contributed by atoms with van der Waals surface area (Å²) in [5.41, 5.74) is 5.20. The number of rotatable bonds is 5. The van der Waals surface area contributed by atoms with Crippen molar-refractivity contribution in [3.8, 4) is 0 Å². The second kappa shape index (κ2) is 9.63. The van der Waals surface area contributed by atoms with Crippen molar-refractivity contribution in [3.63, 3.8) is 0 Å². The van der Waals surface area contributed by atoms with Crippen molar-refractivity contribution in [1.82, 2.24) is 0 Å². The van der Waals surface area contributed by atoms with Gasteiger partial charge in [-0.1, -0.05) is 36.0 Å². The lowest BCUT2D eigenvalue weighted by Gasteiger charge is -2.14. The first-order chi connectivity index (χ1) is 14.4. The SMILES string of the molecule is COC(=O)CC1=CC(SC(C)C(=O)Nc2cccc(C)c2C)=Nc2ccccc2N1. The normalized spacial score (nSPS) is 13.7. The topological polar surface area (TPSA) is 79.8 Å². The number of thioether (sulfide) groups is 1. The van der Waals surface area contributed by atoms with Crippen LogP contribution in [0.5, 0.6) is 0 Å². The second-order valence-corrected chi connectivity index (χ2v) is 8.37. The third-order valence-electron chi connectivity index (χ3n) is 4.82. The molecule has 0 aliphatic carbocycles. The number of hydrogen-bond donors (Lipinski definition) is 2. The first-order valence-electron chi connectivity index (χ1n) is 9.63. The van der Waals surface area contributed by atoms with Crippen LogP contribution in [-0.4, -0.2) is 29.3 Å². The number of aliphatic imine (C=N–C) groups is 1. The fourth-order valence-electron chi connectivity index (χ4n) is 2.92. The van der Waals surface area contributed by atoms with Crippen LogP contribution in [0.15, 0.2) is 59.2 Å². The lowest BCUT2D eigenvalue weighted by atomic mass is 10.1. The van der Waals surface area contributed by atoms with E-state index in [-0.39, 0.29) is 23.5 Å². The van der Waals surface area contributed by atoms with Crippen LogP contribution in [0.3, 0.4) is 0 Å².